The minimum atomic E-state index is -0.537. The molecule has 1 atom stereocenters. The maximum absolute atomic E-state index is 12.9. The first kappa shape index (κ1) is 18.9. The first-order valence-corrected chi connectivity index (χ1v) is 9.59. The van der Waals surface area contributed by atoms with Gasteiger partial charge in [0.2, 0.25) is 0 Å². The van der Waals surface area contributed by atoms with Crippen LogP contribution in [0.15, 0.2) is 48.8 Å². The number of carbonyl (C=O) groups excluding carboxylic acids is 3. The molecule has 3 heterocycles. The monoisotopic (exact) mass is 390 g/mol. The predicted octanol–water partition coefficient (Wildman–Crippen LogP) is 2.43. The molecule has 1 fully saturated rings. The highest BCUT2D eigenvalue weighted by atomic mass is 16.2. The van der Waals surface area contributed by atoms with Crippen LogP contribution < -0.4 is 0 Å². The summed E-state index contributed by atoms with van der Waals surface area (Å²) in [6.45, 7) is 4.84. The van der Waals surface area contributed by atoms with Crippen LogP contribution in [0.5, 0.6) is 0 Å². The van der Waals surface area contributed by atoms with Gasteiger partial charge < -0.3 is 14.8 Å². The van der Waals surface area contributed by atoms with Crippen LogP contribution in [0.4, 0.5) is 0 Å². The van der Waals surface area contributed by atoms with Gasteiger partial charge in [0.05, 0.1) is 5.56 Å². The van der Waals surface area contributed by atoms with Crippen LogP contribution in [0.3, 0.4) is 0 Å². The summed E-state index contributed by atoms with van der Waals surface area (Å²) in [5.41, 5.74) is 2.64. The van der Waals surface area contributed by atoms with E-state index in [1.165, 1.54) is 0 Å². The first-order chi connectivity index (χ1) is 14.0. The number of fused-ring (bicyclic) bond motifs is 1. The normalized spacial score (nSPS) is 16.8. The fourth-order valence-corrected chi connectivity index (χ4v) is 3.83. The Morgan fingerprint density at radius 1 is 1.10 bits per heavy atom. The molecule has 1 aliphatic rings. The second-order valence-corrected chi connectivity index (χ2v) is 7.34. The number of nitrogens with zero attached hydrogens (tertiary/aromatic N) is 3. The zero-order chi connectivity index (χ0) is 20.5. The van der Waals surface area contributed by atoms with E-state index in [9.17, 15) is 14.4 Å². The molecule has 0 radical (unpaired) electrons. The third-order valence-corrected chi connectivity index (χ3v) is 5.42. The number of aryl methyl sites for hydroxylation is 1. The molecular formula is C22H22N4O3. The number of pyridine rings is 1. The van der Waals surface area contributed by atoms with Gasteiger partial charge in [-0.1, -0.05) is 24.3 Å². The summed E-state index contributed by atoms with van der Waals surface area (Å²) >= 11 is 0. The number of Topliss-reactive ketones (excluding diaryl/α,β-unsaturated/α-hetero) is 1. The summed E-state index contributed by atoms with van der Waals surface area (Å²) in [4.78, 5) is 48.9. The van der Waals surface area contributed by atoms with Gasteiger partial charge in [0.15, 0.2) is 0 Å². The average Bonchev–Trinajstić information content (AvgIpc) is 3.18. The quantitative estimate of drug-likeness (QED) is 0.550. The number of amides is 2. The van der Waals surface area contributed by atoms with Gasteiger partial charge in [-0.25, -0.2) is 0 Å². The van der Waals surface area contributed by atoms with Crippen LogP contribution in [0.1, 0.15) is 33.3 Å². The number of hydrogen-bond acceptors (Lipinski definition) is 4. The molecule has 1 saturated heterocycles. The summed E-state index contributed by atoms with van der Waals surface area (Å²) in [7, 11) is 0. The van der Waals surface area contributed by atoms with Crippen molar-refractivity contribution in [3.8, 4) is 0 Å². The smallest absolute Gasteiger partial charge is 0.295 e. The number of nitrogens with one attached hydrogen (secondary N) is 1. The van der Waals surface area contributed by atoms with Gasteiger partial charge in [-0.3, -0.25) is 19.4 Å². The largest absolute Gasteiger partial charge is 0.360 e. The van der Waals surface area contributed by atoms with E-state index in [1.807, 2.05) is 32.0 Å². The highest BCUT2D eigenvalue weighted by Gasteiger charge is 2.34. The van der Waals surface area contributed by atoms with Crippen molar-refractivity contribution in [1.29, 1.82) is 0 Å². The fourth-order valence-electron chi connectivity index (χ4n) is 3.83. The van der Waals surface area contributed by atoms with Crippen LogP contribution >= 0.6 is 0 Å². The lowest BCUT2D eigenvalue weighted by Crippen LogP contribution is -2.56. The number of H-pyrrole nitrogens is 1. The third-order valence-electron chi connectivity index (χ3n) is 5.42. The van der Waals surface area contributed by atoms with E-state index in [2.05, 4.69) is 9.97 Å². The first-order valence-electron chi connectivity index (χ1n) is 9.59. The molecule has 0 spiro atoms. The molecule has 1 aliphatic heterocycles. The Labute approximate surface area is 168 Å². The van der Waals surface area contributed by atoms with E-state index in [-0.39, 0.29) is 11.9 Å². The second kappa shape index (κ2) is 7.50. The number of para-hydroxylation sites is 1. The van der Waals surface area contributed by atoms with E-state index in [0.29, 0.717) is 30.9 Å². The topological polar surface area (TPSA) is 86.4 Å². The summed E-state index contributed by atoms with van der Waals surface area (Å²) in [5.74, 6) is -1.23. The molecule has 148 valence electrons. The van der Waals surface area contributed by atoms with Crippen molar-refractivity contribution in [3.63, 3.8) is 0 Å². The summed E-state index contributed by atoms with van der Waals surface area (Å²) in [6, 6.07) is 10.6. The minimum absolute atomic E-state index is 0.164. The lowest BCUT2D eigenvalue weighted by atomic mass is 10.0. The van der Waals surface area contributed by atoms with Gasteiger partial charge in [0.25, 0.3) is 17.6 Å². The Bertz CT molecular complexity index is 1090. The van der Waals surface area contributed by atoms with Gasteiger partial charge >= 0.3 is 0 Å². The number of hydrogen-bond donors (Lipinski definition) is 1. The molecule has 4 rings (SSSR count). The Balaban J connectivity index is 1.49. The van der Waals surface area contributed by atoms with E-state index in [4.69, 9.17) is 0 Å². The lowest BCUT2D eigenvalue weighted by molar-refractivity contribution is -0.130. The van der Waals surface area contributed by atoms with Crippen molar-refractivity contribution in [2.45, 2.75) is 19.9 Å². The molecule has 1 N–H and O–H groups in total. The molecule has 0 saturated carbocycles. The number of ketones is 1. The third kappa shape index (κ3) is 3.40. The van der Waals surface area contributed by atoms with Crippen molar-refractivity contribution in [3.05, 3.63) is 65.6 Å². The standard InChI is InChI=1S/C22H22N4O3/c1-14-6-5-7-16-17(12-24-19(14)16)20(27)22(29)26-11-10-25(13-15(26)2)21(28)18-8-3-4-9-23-18/h3-9,12,15,24H,10-11,13H2,1-2H3/t15-/m1/s1. The van der Waals surface area contributed by atoms with Crippen LogP contribution in [0.25, 0.3) is 10.9 Å². The second-order valence-electron chi connectivity index (χ2n) is 7.34. The molecule has 7 heteroatoms. The van der Waals surface area contributed by atoms with Crippen molar-refractivity contribution >= 4 is 28.5 Å². The molecular weight excluding hydrogens is 368 g/mol. The number of rotatable bonds is 3. The molecule has 29 heavy (non-hydrogen) atoms. The Morgan fingerprint density at radius 2 is 1.93 bits per heavy atom. The maximum Gasteiger partial charge on any atom is 0.295 e. The average molecular weight is 390 g/mol. The Morgan fingerprint density at radius 3 is 2.66 bits per heavy atom. The molecule has 2 amide bonds. The SMILES string of the molecule is Cc1cccc2c(C(=O)C(=O)N3CCN(C(=O)c4ccccn4)C[C@H]3C)c[nH]c12. The van der Waals surface area contributed by atoms with E-state index >= 15 is 0 Å². The summed E-state index contributed by atoms with van der Waals surface area (Å²) < 4.78 is 0. The molecule has 3 aromatic rings. The molecule has 0 bridgehead atoms. The summed E-state index contributed by atoms with van der Waals surface area (Å²) in [6.07, 6.45) is 3.18. The van der Waals surface area contributed by atoms with E-state index < -0.39 is 11.7 Å². The van der Waals surface area contributed by atoms with Crippen LogP contribution in [0.2, 0.25) is 0 Å². The zero-order valence-electron chi connectivity index (χ0n) is 16.4. The molecule has 0 aliphatic carbocycles. The Hall–Kier alpha value is -3.48. The molecule has 7 nitrogen and oxygen atoms in total. The van der Waals surface area contributed by atoms with Gasteiger partial charge in [-0.05, 0) is 31.5 Å². The van der Waals surface area contributed by atoms with Gasteiger partial charge in [0.1, 0.15) is 5.69 Å². The number of aromatic amines is 1. The Kier molecular flexibility index (Phi) is 4.88. The highest BCUT2D eigenvalue weighted by molar-refractivity contribution is 6.45. The lowest BCUT2D eigenvalue weighted by Gasteiger charge is -2.39. The van der Waals surface area contributed by atoms with E-state index in [0.717, 1.165) is 16.5 Å². The van der Waals surface area contributed by atoms with Crippen LogP contribution in [0, 0.1) is 6.92 Å². The fraction of sp³-hybridized carbons (Fsp3) is 0.273. The van der Waals surface area contributed by atoms with Crippen molar-refractivity contribution in [1.82, 2.24) is 19.8 Å². The zero-order valence-corrected chi connectivity index (χ0v) is 16.4. The van der Waals surface area contributed by atoms with E-state index in [1.54, 1.807) is 40.4 Å². The molecule has 2 aromatic heterocycles. The number of piperazine rings is 1. The molecule has 1 aromatic carbocycles. The predicted molar refractivity (Wildman–Crippen MR) is 109 cm³/mol. The van der Waals surface area contributed by atoms with Gasteiger partial charge in [0, 0.05) is 49.0 Å². The number of carbonyl (C=O) groups is 3. The number of aromatic nitrogens is 2. The van der Waals surface area contributed by atoms with Crippen molar-refractivity contribution in [2.24, 2.45) is 0 Å². The van der Waals surface area contributed by atoms with Gasteiger partial charge in [-0.2, -0.15) is 0 Å². The maximum atomic E-state index is 12.9. The number of benzene rings is 1. The summed E-state index contributed by atoms with van der Waals surface area (Å²) in [5, 5.41) is 0.750. The minimum Gasteiger partial charge on any atom is -0.360 e. The molecule has 0 unspecified atom stereocenters. The van der Waals surface area contributed by atoms with Crippen molar-refractivity contribution in [2.75, 3.05) is 19.6 Å². The van der Waals surface area contributed by atoms with Crippen LogP contribution in [-0.4, -0.2) is 63.0 Å². The van der Waals surface area contributed by atoms with Crippen molar-refractivity contribution < 1.29 is 14.4 Å². The highest BCUT2D eigenvalue weighted by Crippen LogP contribution is 2.23. The van der Waals surface area contributed by atoms with Crippen LogP contribution in [-0.2, 0) is 4.79 Å². The van der Waals surface area contributed by atoms with Gasteiger partial charge in [-0.15, -0.1) is 0 Å².